The maximum atomic E-state index is 11.2. The number of aromatic nitrogens is 2. The molecule has 1 amide bonds. The number of carbonyl (C=O) groups is 1. The van der Waals surface area contributed by atoms with Crippen molar-refractivity contribution in [2.45, 2.75) is 13.5 Å². The number of hydrogen-bond donors (Lipinski definition) is 1. The molecule has 19 heavy (non-hydrogen) atoms. The van der Waals surface area contributed by atoms with E-state index in [1.165, 1.54) is 0 Å². The van der Waals surface area contributed by atoms with Crippen LogP contribution in [0.2, 0.25) is 0 Å². The lowest BCUT2D eigenvalue weighted by molar-refractivity contribution is -0.107. The number of carbonyl (C=O) groups excluding carboxylic acids is 1. The fraction of sp³-hybridized carbons (Fsp3) is 0.231. The van der Waals surface area contributed by atoms with Gasteiger partial charge in [0, 0.05) is 12.6 Å². The maximum Gasteiger partial charge on any atom is 0.214 e. The van der Waals surface area contributed by atoms with Crippen molar-refractivity contribution in [1.82, 2.24) is 9.78 Å². The van der Waals surface area contributed by atoms with Crippen molar-refractivity contribution in [2.24, 2.45) is 7.05 Å². The molecule has 5 nitrogen and oxygen atoms in total. The smallest absolute Gasteiger partial charge is 0.214 e. The Morgan fingerprint density at radius 2 is 2.21 bits per heavy atom. The molecule has 0 bridgehead atoms. The average molecular weight is 279 g/mol. The van der Waals surface area contributed by atoms with Gasteiger partial charge < -0.3 is 10.2 Å². The van der Waals surface area contributed by atoms with Crippen LogP contribution in [-0.4, -0.2) is 16.2 Å². The van der Waals surface area contributed by atoms with Crippen LogP contribution in [0.25, 0.3) is 0 Å². The Kier molecular flexibility index (Phi) is 3.48. The summed E-state index contributed by atoms with van der Waals surface area (Å²) in [6, 6.07) is 6.00. The summed E-state index contributed by atoms with van der Waals surface area (Å²) in [6.45, 7) is 2.57. The summed E-state index contributed by atoms with van der Waals surface area (Å²) in [5.41, 5.74) is 3.99. The van der Waals surface area contributed by atoms with E-state index in [9.17, 15) is 4.79 Å². The molecule has 0 aliphatic carbocycles. The number of nitrogens with zero attached hydrogens (tertiary/aromatic N) is 3. The van der Waals surface area contributed by atoms with Crippen molar-refractivity contribution < 1.29 is 4.79 Å². The maximum absolute atomic E-state index is 11.2. The molecule has 3 rings (SSSR count). The first-order valence-corrected chi connectivity index (χ1v) is 5.79. The summed E-state index contributed by atoms with van der Waals surface area (Å²) in [5, 5.41) is 7.57. The number of amides is 1. The molecule has 6 heteroatoms. The first kappa shape index (κ1) is 13.4. The summed E-state index contributed by atoms with van der Waals surface area (Å²) in [4.78, 5) is 12.9. The lowest BCUT2D eigenvalue weighted by Crippen LogP contribution is -2.19. The Bertz CT molecular complexity index is 623. The molecular weight excluding hydrogens is 264 g/mol. The standard InChI is InChI=1S/C13H14N4O.ClH/c1-9-3-4-12-11(5-9)15-13-10(6-14-16(13)2)7-17(12)8-18;/h3-6,8,15H,7H2,1-2H3;1H. The molecule has 1 aliphatic rings. The Labute approximate surface area is 117 Å². The third kappa shape index (κ3) is 2.17. The van der Waals surface area contributed by atoms with Crippen molar-refractivity contribution in [3.8, 4) is 0 Å². The number of rotatable bonds is 1. The van der Waals surface area contributed by atoms with Crippen LogP contribution >= 0.6 is 12.4 Å². The van der Waals surface area contributed by atoms with E-state index in [1.54, 1.807) is 15.8 Å². The van der Waals surface area contributed by atoms with Gasteiger partial charge in [-0.3, -0.25) is 9.48 Å². The third-order valence-corrected chi connectivity index (χ3v) is 3.20. The molecule has 100 valence electrons. The fourth-order valence-corrected chi connectivity index (χ4v) is 2.25. The minimum atomic E-state index is 0. The van der Waals surface area contributed by atoms with Crippen LogP contribution in [0.4, 0.5) is 17.2 Å². The predicted molar refractivity (Wildman–Crippen MR) is 77.2 cm³/mol. The molecule has 0 atom stereocenters. The summed E-state index contributed by atoms with van der Waals surface area (Å²) in [6.07, 6.45) is 2.65. The van der Waals surface area contributed by atoms with Crippen molar-refractivity contribution in [2.75, 3.05) is 10.2 Å². The summed E-state index contributed by atoms with van der Waals surface area (Å²) >= 11 is 0. The first-order chi connectivity index (χ1) is 8.69. The minimum Gasteiger partial charge on any atom is -0.338 e. The number of nitrogens with one attached hydrogen (secondary N) is 1. The molecule has 0 unspecified atom stereocenters. The molecule has 0 spiro atoms. The van der Waals surface area contributed by atoms with Gasteiger partial charge in [-0.1, -0.05) is 6.07 Å². The summed E-state index contributed by atoms with van der Waals surface area (Å²) in [5.74, 6) is 0.936. The van der Waals surface area contributed by atoms with Gasteiger partial charge in [-0.15, -0.1) is 12.4 Å². The van der Waals surface area contributed by atoms with E-state index < -0.39 is 0 Å². The fourth-order valence-electron chi connectivity index (χ4n) is 2.25. The lowest BCUT2D eigenvalue weighted by Gasteiger charge is -2.17. The zero-order valence-corrected chi connectivity index (χ0v) is 11.6. The molecule has 2 heterocycles. The quantitative estimate of drug-likeness (QED) is 0.815. The van der Waals surface area contributed by atoms with Gasteiger partial charge in [0.05, 0.1) is 24.1 Å². The van der Waals surface area contributed by atoms with E-state index >= 15 is 0 Å². The Hall–Kier alpha value is -2.01. The predicted octanol–water partition coefficient (Wildman–Crippen LogP) is 2.37. The van der Waals surface area contributed by atoms with E-state index in [0.29, 0.717) is 6.54 Å². The molecule has 1 aromatic heterocycles. The van der Waals surface area contributed by atoms with Gasteiger partial charge in [-0.05, 0) is 24.6 Å². The van der Waals surface area contributed by atoms with Gasteiger partial charge in [0.2, 0.25) is 6.41 Å². The molecule has 0 saturated carbocycles. The molecule has 2 aromatic rings. The van der Waals surface area contributed by atoms with E-state index in [2.05, 4.69) is 10.4 Å². The van der Waals surface area contributed by atoms with Crippen LogP contribution in [0.5, 0.6) is 0 Å². The highest BCUT2D eigenvalue weighted by molar-refractivity contribution is 5.87. The van der Waals surface area contributed by atoms with Crippen molar-refractivity contribution >= 4 is 36.0 Å². The second-order valence-electron chi connectivity index (χ2n) is 4.52. The average Bonchev–Trinajstić information content (AvgIpc) is 2.61. The van der Waals surface area contributed by atoms with E-state index in [-0.39, 0.29) is 12.4 Å². The second kappa shape index (κ2) is 4.93. The highest BCUT2D eigenvalue weighted by atomic mass is 35.5. The molecule has 0 fully saturated rings. The Morgan fingerprint density at radius 1 is 1.42 bits per heavy atom. The van der Waals surface area contributed by atoms with E-state index in [0.717, 1.165) is 34.7 Å². The third-order valence-electron chi connectivity index (χ3n) is 3.20. The number of hydrogen-bond acceptors (Lipinski definition) is 3. The molecule has 0 radical (unpaired) electrons. The summed E-state index contributed by atoms with van der Waals surface area (Å²) in [7, 11) is 1.89. The number of benzene rings is 1. The van der Waals surface area contributed by atoms with Gasteiger partial charge in [-0.25, -0.2) is 0 Å². The van der Waals surface area contributed by atoms with E-state index in [1.807, 2.05) is 32.2 Å². The first-order valence-electron chi connectivity index (χ1n) is 5.79. The van der Waals surface area contributed by atoms with Crippen molar-refractivity contribution in [3.05, 3.63) is 35.5 Å². The second-order valence-corrected chi connectivity index (χ2v) is 4.52. The van der Waals surface area contributed by atoms with Crippen LogP contribution in [0.3, 0.4) is 0 Å². The molecule has 1 aromatic carbocycles. The molecular formula is C13H15ClN4O. The Morgan fingerprint density at radius 3 is 2.95 bits per heavy atom. The largest absolute Gasteiger partial charge is 0.338 e. The lowest BCUT2D eigenvalue weighted by atomic mass is 10.2. The number of halogens is 1. The zero-order chi connectivity index (χ0) is 12.7. The molecule has 1 aliphatic heterocycles. The van der Waals surface area contributed by atoms with Gasteiger partial charge in [-0.2, -0.15) is 5.10 Å². The van der Waals surface area contributed by atoms with Crippen LogP contribution in [0.1, 0.15) is 11.1 Å². The topological polar surface area (TPSA) is 50.2 Å². The van der Waals surface area contributed by atoms with E-state index in [4.69, 9.17) is 0 Å². The van der Waals surface area contributed by atoms with Crippen molar-refractivity contribution in [3.63, 3.8) is 0 Å². The van der Waals surface area contributed by atoms with Gasteiger partial charge >= 0.3 is 0 Å². The highest BCUT2D eigenvalue weighted by Crippen LogP contribution is 2.35. The number of anilines is 3. The molecule has 1 N–H and O–H groups in total. The van der Waals surface area contributed by atoms with Crippen LogP contribution in [0, 0.1) is 6.92 Å². The number of aryl methyl sites for hydroxylation is 2. The zero-order valence-electron chi connectivity index (χ0n) is 10.8. The monoisotopic (exact) mass is 278 g/mol. The highest BCUT2D eigenvalue weighted by Gasteiger charge is 2.21. The normalized spacial score (nSPS) is 12.6. The van der Waals surface area contributed by atoms with Crippen molar-refractivity contribution in [1.29, 1.82) is 0 Å². The molecule has 0 saturated heterocycles. The minimum absolute atomic E-state index is 0. The summed E-state index contributed by atoms with van der Waals surface area (Å²) < 4.78 is 1.79. The van der Waals surface area contributed by atoms with Crippen LogP contribution in [-0.2, 0) is 18.4 Å². The SMILES string of the molecule is Cc1ccc2c(c1)Nc1c(cnn1C)CN2C=O.Cl. The van der Waals surface area contributed by atoms with Gasteiger partial charge in [0.25, 0.3) is 0 Å². The Balaban J connectivity index is 0.00000133. The number of fused-ring (bicyclic) bond motifs is 2. The van der Waals surface area contributed by atoms with Gasteiger partial charge in [0.1, 0.15) is 5.82 Å². The van der Waals surface area contributed by atoms with Crippen LogP contribution < -0.4 is 10.2 Å². The van der Waals surface area contributed by atoms with Gasteiger partial charge in [0.15, 0.2) is 0 Å². The van der Waals surface area contributed by atoms with Crippen LogP contribution in [0.15, 0.2) is 24.4 Å².